The molecule has 1 atom stereocenters. The van der Waals surface area contributed by atoms with Crippen LogP contribution in [-0.2, 0) is 9.53 Å². The van der Waals surface area contributed by atoms with Gasteiger partial charge in [-0.05, 0) is 31.9 Å². The lowest BCUT2D eigenvalue weighted by molar-refractivity contribution is -0.120. The Hall–Kier alpha value is -1.86. The number of ether oxygens (including phenoxy) is 1. The highest BCUT2D eigenvalue weighted by Gasteiger charge is 2.18. The predicted molar refractivity (Wildman–Crippen MR) is 90.9 cm³/mol. The fraction of sp³-hybridized carbons (Fsp3) is 0.438. The molecule has 1 heterocycles. The van der Waals surface area contributed by atoms with E-state index in [4.69, 9.17) is 4.74 Å². The summed E-state index contributed by atoms with van der Waals surface area (Å²) in [7, 11) is 1.65. The van der Waals surface area contributed by atoms with Crippen LogP contribution in [0, 0.1) is 6.92 Å². The van der Waals surface area contributed by atoms with Crippen LogP contribution in [0.1, 0.15) is 18.9 Å². The number of aryl methyl sites for hydroxylation is 1. The lowest BCUT2D eigenvalue weighted by Crippen LogP contribution is -2.32. The molecule has 6 nitrogen and oxygen atoms in total. The number of benzene rings is 1. The van der Waals surface area contributed by atoms with Crippen molar-refractivity contribution in [3.8, 4) is 5.69 Å². The van der Waals surface area contributed by atoms with E-state index in [1.807, 2.05) is 42.7 Å². The first-order valence-electron chi connectivity index (χ1n) is 7.53. The second-order valence-corrected chi connectivity index (χ2v) is 6.48. The molecule has 2 rings (SSSR count). The zero-order valence-electron chi connectivity index (χ0n) is 13.7. The summed E-state index contributed by atoms with van der Waals surface area (Å²) < 4.78 is 6.88. The van der Waals surface area contributed by atoms with Gasteiger partial charge < -0.3 is 10.1 Å². The highest BCUT2D eigenvalue weighted by molar-refractivity contribution is 8.00. The van der Waals surface area contributed by atoms with Crippen LogP contribution in [-0.4, -0.2) is 46.2 Å². The monoisotopic (exact) mass is 334 g/mol. The second-order valence-electron chi connectivity index (χ2n) is 5.17. The number of hydrogen-bond acceptors (Lipinski definition) is 5. The van der Waals surface area contributed by atoms with Gasteiger partial charge in [0.05, 0.1) is 10.9 Å². The van der Waals surface area contributed by atoms with Crippen molar-refractivity contribution < 1.29 is 9.53 Å². The summed E-state index contributed by atoms with van der Waals surface area (Å²) in [5.41, 5.74) is 2.15. The summed E-state index contributed by atoms with van der Waals surface area (Å²) >= 11 is 1.40. The van der Waals surface area contributed by atoms with E-state index >= 15 is 0 Å². The summed E-state index contributed by atoms with van der Waals surface area (Å²) in [6, 6.07) is 8.02. The first-order chi connectivity index (χ1) is 11.1. The van der Waals surface area contributed by atoms with E-state index in [1.165, 1.54) is 11.8 Å². The first kappa shape index (κ1) is 17.5. The third kappa shape index (κ3) is 4.80. The van der Waals surface area contributed by atoms with Crippen LogP contribution >= 0.6 is 11.8 Å². The third-order valence-electron chi connectivity index (χ3n) is 3.37. The van der Waals surface area contributed by atoms with Gasteiger partial charge >= 0.3 is 0 Å². The molecule has 1 aromatic carbocycles. The van der Waals surface area contributed by atoms with Crippen LogP contribution in [0.2, 0.25) is 0 Å². The van der Waals surface area contributed by atoms with Crippen LogP contribution in [0.4, 0.5) is 0 Å². The highest BCUT2D eigenvalue weighted by Crippen LogP contribution is 2.25. The van der Waals surface area contributed by atoms with Crippen LogP contribution < -0.4 is 5.32 Å². The van der Waals surface area contributed by atoms with Crippen LogP contribution in [0.25, 0.3) is 5.69 Å². The van der Waals surface area contributed by atoms with Crippen molar-refractivity contribution in [1.82, 2.24) is 20.1 Å². The number of aromatic nitrogens is 3. The SMILES string of the molecule is COCCCNC(=O)C(C)Sc1nncn1-c1ccccc1C. The van der Waals surface area contributed by atoms with Gasteiger partial charge in [0.25, 0.3) is 0 Å². The standard InChI is InChI=1S/C16H22N4O2S/c1-12-7-4-5-8-14(12)20-11-18-19-16(20)23-13(2)15(21)17-9-6-10-22-3/h4-5,7-8,11,13H,6,9-10H2,1-3H3,(H,17,21). The summed E-state index contributed by atoms with van der Waals surface area (Å²) in [5.74, 6) is -0.00885. The van der Waals surface area contributed by atoms with E-state index in [0.717, 1.165) is 17.7 Å². The Morgan fingerprint density at radius 2 is 2.22 bits per heavy atom. The van der Waals surface area contributed by atoms with Crippen molar-refractivity contribution in [2.45, 2.75) is 30.7 Å². The molecule has 7 heteroatoms. The zero-order chi connectivity index (χ0) is 16.7. The quantitative estimate of drug-likeness (QED) is 0.592. The highest BCUT2D eigenvalue weighted by atomic mass is 32.2. The van der Waals surface area contributed by atoms with Gasteiger partial charge in [0, 0.05) is 20.3 Å². The van der Waals surface area contributed by atoms with Gasteiger partial charge in [-0.25, -0.2) is 0 Å². The second kappa shape index (κ2) is 8.69. The van der Waals surface area contributed by atoms with E-state index in [-0.39, 0.29) is 11.2 Å². The van der Waals surface area contributed by atoms with E-state index in [1.54, 1.807) is 13.4 Å². The van der Waals surface area contributed by atoms with Crippen molar-refractivity contribution in [1.29, 1.82) is 0 Å². The molecule has 0 fully saturated rings. The fourth-order valence-corrected chi connectivity index (χ4v) is 2.95. The van der Waals surface area contributed by atoms with Gasteiger partial charge in [0.15, 0.2) is 5.16 Å². The molecule has 23 heavy (non-hydrogen) atoms. The summed E-state index contributed by atoms with van der Waals surface area (Å²) in [6.45, 7) is 5.16. The molecule has 124 valence electrons. The Morgan fingerprint density at radius 3 is 2.96 bits per heavy atom. The maximum atomic E-state index is 12.1. The number of thioether (sulfide) groups is 1. The van der Waals surface area contributed by atoms with Crippen molar-refractivity contribution in [3.05, 3.63) is 36.2 Å². The average Bonchev–Trinajstić information content (AvgIpc) is 2.99. The zero-order valence-corrected chi connectivity index (χ0v) is 14.5. The minimum absolute atomic E-state index is 0.00885. The Balaban J connectivity index is 2.00. The molecule has 0 aliphatic rings. The molecule has 1 aromatic heterocycles. The maximum Gasteiger partial charge on any atom is 0.233 e. The largest absolute Gasteiger partial charge is 0.385 e. The van der Waals surface area contributed by atoms with E-state index in [9.17, 15) is 4.79 Å². The molecule has 1 N–H and O–H groups in total. The number of carbonyl (C=O) groups excluding carboxylic acids is 1. The van der Waals surface area contributed by atoms with Gasteiger partial charge in [-0.15, -0.1) is 10.2 Å². The number of methoxy groups -OCH3 is 1. The number of rotatable bonds is 8. The minimum atomic E-state index is -0.246. The number of nitrogens with zero attached hydrogens (tertiary/aromatic N) is 3. The fourth-order valence-electron chi connectivity index (χ4n) is 2.09. The van der Waals surface area contributed by atoms with E-state index < -0.39 is 0 Å². The molecule has 0 radical (unpaired) electrons. The maximum absolute atomic E-state index is 12.1. The van der Waals surface area contributed by atoms with E-state index in [0.29, 0.717) is 18.3 Å². The van der Waals surface area contributed by atoms with Gasteiger partial charge in [0.2, 0.25) is 5.91 Å². The van der Waals surface area contributed by atoms with Crippen molar-refractivity contribution in [3.63, 3.8) is 0 Å². The lowest BCUT2D eigenvalue weighted by Gasteiger charge is -2.13. The number of para-hydroxylation sites is 1. The lowest BCUT2D eigenvalue weighted by atomic mass is 10.2. The van der Waals surface area contributed by atoms with Crippen LogP contribution in [0.3, 0.4) is 0 Å². The summed E-state index contributed by atoms with van der Waals surface area (Å²) in [6.07, 6.45) is 2.48. The molecule has 0 spiro atoms. The smallest absolute Gasteiger partial charge is 0.233 e. The average molecular weight is 334 g/mol. The molecule has 0 aliphatic heterocycles. The molecule has 1 unspecified atom stereocenters. The Kier molecular flexibility index (Phi) is 6.61. The normalized spacial score (nSPS) is 12.1. The molecule has 0 bridgehead atoms. The Labute approximate surface area is 140 Å². The summed E-state index contributed by atoms with van der Waals surface area (Å²) in [5, 5.41) is 11.5. The van der Waals surface area contributed by atoms with Gasteiger partial charge in [-0.3, -0.25) is 9.36 Å². The molecule has 0 saturated carbocycles. The van der Waals surface area contributed by atoms with Crippen LogP contribution in [0.15, 0.2) is 35.7 Å². The molecule has 2 aromatic rings. The Morgan fingerprint density at radius 1 is 1.43 bits per heavy atom. The number of hydrogen-bond donors (Lipinski definition) is 1. The van der Waals surface area contributed by atoms with Crippen LogP contribution in [0.5, 0.6) is 0 Å². The first-order valence-corrected chi connectivity index (χ1v) is 8.40. The van der Waals surface area contributed by atoms with Gasteiger partial charge in [-0.1, -0.05) is 30.0 Å². The van der Waals surface area contributed by atoms with E-state index in [2.05, 4.69) is 15.5 Å². The van der Waals surface area contributed by atoms with Gasteiger partial charge in [-0.2, -0.15) is 0 Å². The molecule has 0 aliphatic carbocycles. The number of amides is 1. The van der Waals surface area contributed by atoms with Crippen molar-refractivity contribution in [2.24, 2.45) is 0 Å². The van der Waals surface area contributed by atoms with Gasteiger partial charge in [0.1, 0.15) is 6.33 Å². The number of carbonyl (C=O) groups is 1. The van der Waals surface area contributed by atoms with Crippen molar-refractivity contribution >= 4 is 17.7 Å². The Bertz CT molecular complexity index is 645. The molecule has 0 saturated heterocycles. The molecular weight excluding hydrogens is 312 g/mol. The molecule has 1 amide bonds. The molecular formula is C16H22N4O2S. The number of nitrogens with one attached hydrogen (secondary N) is 1. The summed E-state index contributed by atoms with van der Waals surface area (Å²) in [4.78, 5) is 12.1. The third-order valence-corrected chi connectivity index (χ3v) is 4.42. The predicted octanol–water partition coefficient (Wildman–Crippen LogP) is 2.21. The van der Waals surface area contributed by atoms with Crippen molar-refractivity contribution in [2.75, 3.05) is 20.3 Å². The minimum Gasteiger partial charge on any atom is -0.385 e. The topological polar surface area (TPSA) is 69.0 Å².